The molecule has 0 spiro atoms. The number of benzene rings is 1. The highest BCUT2D eigenvalue weighted by molar-refractivity contribution is 7.90. The van der Waals surface area contributed by atoms with E-state index in [1.807, 2.05) is 4.72 Å². The van der Waals surface area contributed by atoms with Gasteiger partial charge in [-0.15, -0.1) is 0 Å². The summed E-state index contributed by atoms with van der Waals surface area (Å²) in [6.07, 6.45) is -6.84. The highest BCUT2D eigenvalue weighted by atomic mass is 32.2. The van der Waals surface area contributed by atoms with Crippen molar-refractivity contribution in [3.63, 3.8) is 0 Å². The summed E-state index contributed by atoms with van der Waals surface area (Å²) in [5, 5.41) is 43.5. The highest BCUT2D eigenvalue weighted by Gasteiger charge is 2.31. The summed E-state index contributed by atoms with van der Waals surface area (Å²) in [7, 11) is -3.55. The molecule has 1 aliphatic rings. The van der Waals surface area contributed by atoms with E-state index in [0.717, 1.165) is 0 Å². The monoisotopic (exact) mass is 363 g/mol. The molecule has 134 valence electrons. The molecule has 1 aliphatic heterocycles. The molecule has 11 heteroatoms. The molecular weight excluding hydrogens is 346 g/mol. The zero-order chi connectivity index (χ0) is 18.5. The number of aldehydes is 1. The SMILES string of the molecule is O=C1NS(=O)(=O)c2ccccc21.O=C[C@@H](O)[C@@H](O)[C@H](O)[C@H](O)CO. The van der Waals surface area contributed by atoms with E-state index in [9.17, 15) is 18.0 Å². The van der Waals surface area contributed by atoms with Gasteiger partial charge >= 0.3 is 0 Å². The number of nitrogens with one attached hydrogen (secondary N) is 1. The molecule has 0 bridgehead atoms. The lowest BCUT2D eigenvalue weighted by atomic mass is 10.0. The molecule has 24 heavy (non-hydrogen) atoms. The molecule has 4 atom stereocenters. The molecule has 0 aromatic heterocycles. The minimum absolute atomic E-state index is 0.0258. The molecule has 2 rings (SSSR count). The number of hydrogen-bond acceptors (Lipinski definition) is 9. The molecule has 1 aromatic carbocycles. The van der Waals surface area contributed by atoms with E-state index >= 15 is 0 Å². The number of carbonyl (C=O) groups excluding carboxylic acids is 2. The number of rotatable bonds is 5. The normalized spacial score (nSPS) is 19.8. The Kier molecular flexibility index (Phi) is 6.95. The number of carbonyl (C=O) groups is 2. The van der Waals surface area contributed by atoms with Crippen molar-refractivity contribution < 1.29 is 43.5 Å². The summed E-state index contributed by atoms with van der Waals surface area (Å²) in [6, 6.07) is 6.09. The van der Waals surface area contributed by atoms with Crippen LogP contribution in [0.2, 0.25) is 0 Å². The fourth-order valence-electron chi connectivity index (χ4n) is 1.74. The third kappa shape index (κ3) is 4.56. The van der Waals surface area contributed by atoms with Gasteiger partial charge in [-0.25, -0.2) is 13.1 Å². The van der Waals surface area contributed by atoms with Gasteiger partial charge in [0.1, 0.15) is 29.3 Å². The van der Waals surface area contributed by atoms with Crippen LogP contribution in [-0.2, 0) is 14.8 Å². The van der Waals surface area contributed by atoms with Gasteiger partial charge in [-0.3, -0.25) is 4.79 Å². The maximum Gasteiger partial charge on any atom is 0.266 e. The first-order chi connectivity index (χ1) is 11.2. The average Bonchev–Trinajstić information content (AvgIpc) is 2.82. The van der Waals surface area contributed by atoms with Crippen molar-refractivity contribution in [2.75, 3.05) is 6.61 Å². The second kappa shape index (κ2) is 8.28. The number of amides is 1. The van der Waals surface area contributed by atoms with E-state index in [4.69, 9.17) is 25.5 Å². The largest absolute Gasteiger partial charge is 0.394 e. The fraction of sp³-hybridized carbons (Fsp3) is 0.385. The molecular formula is C13H17NO9S. The Labute approximate surface area is 137 Å². The van der Waals surface area contributed by atoms with E-state index < -0.39 is 47.0 Å². The second-order valence-corrected chi connectivity index (χ2v) is 6.44. The molecule has 10 nitrogen and oxygen atoms in total. The van der Waals surface area contributed by atoms with Crippen molar-refractivity contribution in [2.45, 2.75) is 29.3 Å². The van der Waals surface area contributed by atoms with Gasteiger partial charge in [0.2, 0.25) is 0 Å². The molecule has 0 saturated carbocycles. The van der Waals surface area contributed by atoms with E-state index in [1.165, 1.54) is 12.1 Å². The zero-order valence-corrected chi connectivity index (χ0v) is 13.0. The first-order valence-corrected chi connectivity index (χ1v) is 8.08. The molecule has 0 aliphatic carbocycles. The third-order valence-electron chi connectivity index (χ3n) is 3.07. The zero-order valence-electron chi connectivity index (χ0n) is 12.2. The predicted octanol–water partition coefficient (Wildman–Crippen LogP) is -3.26. The van der Waals surface area contributed by atoms with Gasteiger partial charge in [-0.2, -0.15) is 0 Å². The smallest absolute Gasteiger partial charge is 0.266 e. The Balaban J connectivity index is 0.000000240. The average molecular weight is 363 g/mol. The van der Waals surface area contributed by atoms with Crippen LogP contribution in [0.1, 0.15) is 10.4 Å². The fourth-order valence-corrected chi connectivity index (χ4v) is 2.91. The van der Waals surface area contributed by atoms with Gasteiger partial charge in [-0.1, -0.05) is 12.1 Å². The van der Waals surface area contributed by atoms with Crippen LogP contribution < -0.4 is 4.72 Å². The highest BCUT2D eigenvalue weighted by Crippen LogP contribution is 2.20. The van der Waals surface area contributed by atoms with Gasteiger partial charge in [-0.05, 0) is 12.1 Å². The quantitative estimate of drug-likeness (QED) is 0.292. The van der Waals surface area contributed by atoms with Crippen LogP contribution >= 0.6 is 0 Å². The first-order valence-electron chi connectivity index (χ1n) is 6.60. The van der Waals surface area contributed by atoms with Gasteiger partial charge in [0.15, 0.2) is 6.29 Å². The van der Waals surface area contributed by atoms with E-state index in [2.05, 4.69) is 0 Å². The van der Waals surface area contributed by atoms with Gasteiger partial charge < -0.3 is 30.3 Å². The standard InChI is InChI=1S/C7H5NO3S.C6H12O6/c9-7-5-3-1-2-4-6(5)12(10,11)8-7;7-1-3(9)5(11)6(12)4(10)2-8/h1-4H,(H,8,9);1,3-6,8-12H,2H2/t;3-,4-,5-,6-/m.1/s1. The van der Waals surface area contributed by atoms with Crippen molar-refractivity contribution in [3.05, 3.63) is 29.8 Å². The lowest BCUT2D eigenvalue weighted by molar-refractivity contribution is -0.136. The van der Waals surface area contributed by atoms with E-state index in [0.29, 0.717) is 0 Å². The third-order valence-corrected chi connectivity index (χ3v) is 4.46. The van der Waals surface area contributed by atoms with Crippen LogP contribution in [-0.4, -0.2) is 77.2 Å². The summed E-state index contributed by atoms with van der Waals surface area (Å²) in [6.45, 7) is -0.760. The summed E-state index contributed by atoms with van der Waals surface area (Å²) in [5.74, 6) is -0.550. The van der Waals surface area contributed by atoms with Crippen LogP contribution in [0.4, 0.5) is 0 Å². The second-order valence-electron chi connectivity index (χ2n) is 4.79. The Hall–Kier alpha value is -1.89. The minimum atomic E-state index is -3.55. The topological polar surface area (TPSA) is 181 Å². The number of aliphatic hydroxyl groups is 5. The number of hydrogen-bond donors (Lipinski definition) is 6. The Morgan fingerprint density at radius 2 is 1.67 bits per heavy atom. The molecule has 1 aromatic rings. The Bertz CT molecular complexity index is 690. The van der Waals surface area contributed by atoms with Crippen LogP contribution in [0, 0.1) is 0 Å². The van der Waals surface area contributed by atoms with E-state index in [-0.39, 0.29) is 16.7 Å². The van der Waals surface area contributed by atoms with Crippen LogP contribution in [0.15, 0.2) is 29.2 Å². The van der Waals surface area contributed by atoms with Crippen LogP contribution in [0.25, 0.3) is 0 Å². The molecule has 0 fully saturated rings. The van der Waals surface area contributed by atoms with Gasteiger partial charge in [0, 0.05) is 0 Å². The van der Waals surface area contributed by atoms with Crippen molar-refractivity contribution in [1.29, 1.82) is 0 Å². The molecule has 0 unspecified atom stereocenters. The van der Waals surface area contributed by atoms with Crippen molar-refractivity contribution in [1.82, 2.24) is 4.72 Å². The predicted molar refractivity (Wildman–Crippen MR) is 78.3 cm³/mol. The lowest BCUT2D eigenvalue weighted by Gasteiger charge is -2.22. The maximum absolute atomic E-state index is 11.1. The lowest BCUT2D eigenvalue weighted by Crippen LogP contribution is -2.46. The molecule has 6 N–H and O–H groups in total. The summed E-state index contributed by atoms with van der Waals surface area (Å²) in [5.41, 5.74) is 0.220. The first kappa shape index (κ1) is 20.2. The summed E-state index contributed by atoms with van der Waals surface area (Å²) < 4.78 is 24.2. The maximum atomic E-state index is 11.1. The summed E-state index contributed by atoms with van der Waals surface area (Å²) in [4.78, 5) is 21.0. The van der Waals surface area contributed by atoms with Gasteiger partial charge in [0.05, 0.1) is 12.2 Å². The van der Waals surface area contributed by atoms with Crippen molar-refractivity contribution >= 4 is 22.2 Å². The van der Waals surface area contributed by atoms with Crippen LogP contribution in [0.5, 0.6) is 0 Å². The van der Waals surface area contributed by atoms with Gasteiger partial charge in [0.25, 0.3) is 15.9 Å². The van der Waals surface area contributed by atoms with Crippen molar-refractivity contribution in [2.24, 2.45) is 0 Å². The van der Waals surface area contributed by atoms with Crippen LogP contribution in [0.3, 0.4) is 0 Å². The van der Waals surface area contributed by atoms with E-state index in [1.54, 1.807) is 12.1 Å². The molecule has 0 saturated heterocycles. The Morgan fingerprint density at radius 3 is 2.17 bits per heavy atom. The minimum Gasteiger partial charge on any atom is -0.394 e. The molecule has 0 radical (unpaired) electrons. The Morgan fingerprint density at radius 1 is 1.08 bits per heavy atom. The number of fused-ring (bicyclic) bond motifs is 1. The number of sulfonamides is 1. The number of aliphatic hydroxyl groups excluding tert-OH is 5. The summed E-state index contributed by atoms with van der Waals surface area (Å²) >= 11 is 0. The molecule has 1 amide bonds. The molecule has 1 heterocycles. The van der Waals surface area contributed by atoms with Crippen molar-refractivity contribution in [3.8, 4) is 0 Å².